The Morgan fingerprint density at radius 2 is 1.97 bits per heavy atom. The maximum absolute atomic E-state index is 13.0. The molecular formula is C21H24N4O4S2. The first-order valence-electron chi connectivity index (χ1n) is 10.0. The molecule has 1 aromatic heterocycles. The van der Waals surface area contributed by atoms with Crippen molar-refractivity contribution in [2.24, 2.45) is 0 Å². The molecule has 2 aromatic carbocycles. The maximum Gasteiger partial charge on any atom is 0.243 e. The molecule has 1 saturated heterocycles. The molecule has 8 nitrogen and oxygen atoms in total. The number of sulfonamides is 1. The topological polar surface area (TPSA) is 104 Å². The first-order chi connectivity index (χ1) is 15.0. The van der Waals surface area contributed by atoms with Gasteiger partial charge in [0.1, 0.15) is 5.75 Å². The number of amides is 1. The lowest BCUT2D eigenvalue weighted by atomic mass is 10.2. The first-order valence-corrected chi connectivity index (χ1v) is 12.5. The fourth-order valence-electron chi connectivity index (χ4n) is 3.52. The van der Waals surface area contributed by atoms with E-state index in [9.17, 15) is 13.2 Å². The molecular weight excluding hydrogens is 436 g/mol. The maximum atomic E-state index is 13.0. The molecule has 10 heteroatoms. The predicted octanol–water partition coefficient (Wildman–Crippen LogP) is 3.48. The van der Waals surface area contributed by atoms with E-state index in [0.29, 0.717) is 29.7 Å². The van der Waals surface area contributed by atoms with Gasteiger partial charge in [-0.15, -0.1) is 0 Å². The van der Waals surface area contributed by atoms with Crippen LogP contribution in [0.1, 0.15) is 19.3 Å². The third-order valence-corrected chi connectivity index (χ3v) is 7.87. The van der Waals surface area contributed by atoms with E-state index in [1.165, 1.54) is 35.3 Å². The van der Waals surface area contributed by atoms with Gasteiger partial charge in [0.2, 0.25) is 15.9 Å². The van der Waals surface area contributed by atoms with Crippen LogP contribution in [0.4, 0.5) is 5.69 Å². The van der Waals surface area contributed by atoms with Gasteiger partial charge >= 0.3 is 0 Å². The number of para-hydroxylation sites is 2. The number of H-pyrrole nitrogens is 1. The van der Waals surface area contributed by atoms with Gasteiger partial charge in [0.15, 0.2) is 5.16 Å². The Labute approximate surface area is 185 Å². The van der Waals surface area contributed by atoms with E-state index in [-0.39, 0.29) is 16.6 Å². The van der Waals surface area contributed by atoms with Crippen molar-refractivity contribution in [3.05, 3.63) is 42.5 Å². The molecule has 0 spiro atoms. The van der Waals surface area contributed by atoms with Crippen molar-refractivity contribution in [2.45, 2.75) is 29.3 Å². The minimum absolute atomic E-state index is 0.117. The summed E-state index contributed by atoms with van der Waals surface area (Å²) in [4.78, 5) is 20.3. The summed E-state index contributed by atoms with van der Waals surface area (Å²) in [7, 11) is -2.13. The summed E-state index contributed by atoms with van der Waals surface area (Å²) >= 11 is 1.27. The van der Waals surface area contributed by atoms with Gasteiger partial charge in [-0.3, -0.25) is 4.79 Å². The lowest BCUT2D eigenvalue weighted by molar-refractivity contribution is -0.113. The Kier molecular flexibility index (Phi) is 6.49. The van der Waals surface area contributed by atoms with Crippen LogP contribution >= 0.6 is 11.8 Å². The number of imidazole rings is 1. The number of thioether (sulfide) groups is 1. The highest BCUT2D eigenvalue weighted by molar-refractivity contribution is 7.99. The second-order valence-corrected chi connectivity index (χ2v) is 10.1. The fraction of sp³-hybridized carbons (Fsp3) is 0.333. The van der Waals surface area contributed by atoms with E-state index >= 15 is 0 Å². The number of nitrogens with one attached hydrogen (secondary N) is 2. The molecule has 0 bridgehead atoms. The van der Waals surface area contributed by atoms with Crippen LogP contribution in [0.25, 0.3) is 11.0 Å². The van der Waals surface area contributed by atoms with Crippen LogP contribution in [-0.4, -0.2) is 54.6 Å². The number of carbonyl (C=O) groups excluding carboxylic acids is 1. The zero-order chi connectivity index (χ0) is 21.8. The number of ether oxygens (including phenoxy) is 1. The number of hydrogen-bond acceptors (Lipinski definition) is 6. The Bertz CT molecular complexity index is 1150. The van der Waals surface area contributed by atoms with Gasteiger partial charge < -0.3 is 15.0 Å². The van der Waals surface area contributed by atoms with Crippen LogP contribution in [0.15, 0.2) is 52.5 Å². The number of hydrogen-bond donors (Lipinski definition) is 2. The monoisotopic (exact) mass is 460 g/mol. The fourth-order valence-corrected chi connectivity index (χ4v) is 5.75. The molecule has 164 valence electrons. The molecule has 1 fully saturated rings. The van der Waals surface area contributed by atoms with Crippen molar-refractivity contribution in [2.75, 3.05) is 31.3 Å². The molecule has 1 aliphatic rings. The third-order valence-electron chi connectivity index (χ3n) is 5.11. The average Bonchev–Trinajstić information content (AvgIpc) is 3.21. The van der Waals surface area contributed by atoms with Crippen LogP contribution in [0.5, 0.6) is 5.75 Å². The summed E-state index contributed by atoms with van der Waals surface area (Å²) in [5, 5.41) is 3.41. The molecule has 0 atom stereocenters. The number of anilines is 1. The minimum atomic E-state index is -3.61. The lowest BCUT2D eigenvalue weighted by Crippen LogP contribution is -2.35. The molecule has 0 aliphatic carbocycles. The van der Waals surface area contributed by atoms with E-state index in [0.717, 1.165) is 30.3 Å². The van der Waals surface area contributed by atoms with Crippen molar-refractivity contribution >= 4 is 44.4 Å². The zero-order valence-electron chi connectivity index (χ0n) is 17.1. The molecule has 2 heterocycles. The lowest BCUT2D eigenvalue weighted by Gasteiger charge is -2.26. The van der Waals surface area contributed by atoms with Crippen molar-refractivity contribution in [3.63, 3.8) is 0 Å². The SMILES string of the molecule is COc1ccc(S(=O)(=O)N2CCCCC2)cc1NC(=O)CSc1nc2ccccc2[nH]1. The summed E-state index contributed by atoms with van der Waals surface area (Å²) in [6.07, 6.45) is 2.76. The van der Waals surface area contributed by atoms with Crippen LogP contribution in [-0.2, 0) is 14.8 Å². The smallest absolute Gasteiger partial charge is 0.243 e. The van der Waals surface area contributed by atoms with E-state index < -0.39 is 10.0 Å². The van der Waals surface area contributed by atoms with Gasteiger partial charge in [-0.25, -0.2) is 13.4 Å². The average molecular weight is 461 g/mol. The minimum Gasteiger partial charge on any atom is -0.495 e. The summed E-state index contributed by atoms with van der Waals surface area (Å²) < 4.78 is 32.8. The van der Waals surface area contributed by atoms with Gasteiger partial charge in [0, 0.05) is 13.1 Å². The van der Waals surface area contributed by atoms with Gasteiger partial charge in [0.25, 0.3) is 0 Å². The number of aromatic nitrogens is 2. The standard InChI is InChI=1S/C21H24N4O4S2/c1-29-19-10-9-15(31(27,28)25-11-5-2-6-12-25)13-18(19)22-20(26)14-30-21-23-16-7-3-4-8-17(16)24-21/h3-4,7-10,13H,2,5-6,11-12,14H2,1H3,(H,22,26)(H,23,24). The Morgan fingerprint density at radius 1 is 1.19 bits per heavy atom. The molecule has 1 amide bonds. The van der Waals surface area contributed by atoms with Gasteiger partial charge in [-0.1, -0.05) is 30.3 Å². The molecule has 4 rings (SSSR count). The van der Waals surface area contributed by atoms with Crippen LogP contribution in [0.2, 0.25) is 0 Å². The molecule has 2 N–H and O–H groups in total. The van der Waals surface area contributed by atoms with Crippen molar-refractivity contribution in [1.82, 2.24) is 14.3 Å². The molecule has 3 aromatic rings. The number of methoxy groups -OCH3 is 1. The summed E-state index contributed by atoms with van der Waals surface area (Å²) in [5.74, 6) is 0.238. The number of piperidine rings is 1. The highest BCUT2D eigenvalue weighted by atomic mass is 32.2. The first kappa shape index (κ1) is 21.7. The Morgan fingerprint density at radius 3 is 2.71 bits per heavy atom. The summed E-state index contributed by atoms with van der Waals surface area (Å²) in [5.41, 5.74) is 2.07. The number of benzene rings is 2. The van der Waals surface area contributed by atoms with E-state index in [1.807, 2.05) is 24.3 Å². The van der Waals surface area contributed by atoms with Crippen molar-refractivity contribution in [1.29, 1.82) is 0 Å². The van der Waals surface area contributed by atoms with Gasteiger partial charge in [-0.05, 0) is 43.2 Å². The number of nitrogens with zero attached hydrogens (tertiary/aromatic N) is 2. The molecule has 0 saturated carbocycles. The number of carbonyl (C=O) groups is 1. The highest BCUT2D eigenvalue weighted by Gasteiger charge is 2.27. The quantitative estimate of drug-likeness (QED) is 0.523. The number of fused-ring (bicyclic) bond motifs is 1. The summed E-state index contributed by atoms with van der Waals surface area (Å²) in [6, 6.07) is 12.2. The molecule has 1 aliphatic heterocycles. The van der Waals surface area contributed by atoms with Crippen LogP contribution < -0.4 is 10.1 Å². The van der Waals surface area contributed by atoms with Crippen LogP contribution in [0.3, 0.4) is 0 Å². The highest BCUT2D eigenvalue weighted by Crippen LogP contribution is 2.30. The van der Waals surface area contributed by atoms with E-state index in [4.69, 9.17) is 4.74 Å². The second-order valence-electron chi connectivity index (χ2n) is 7.22. The second kappa shape index (κ2) is 9.29. The van der Waals surface area contributed by atoms with E-state index in [2.05, 4.69) is 15.3 Å². The van der Waals surface area contributed by atoms with Crippen molar-refractivity contribution in [3.8, 4) is 5.75 Å². The normalized spacial score (nSPS) is 15.1. The molecule has 31 heavy (non-hydrogen) atoms. The Hall–Kier alpha value is -2.56. The zero-order valence-corrected chi connectivity index (χ0v) is 18.8. The van der Waals surface area contributed by atoms with Crippen LogP contribution in [0, 0.1) is 0 Å². The van der Waals surface area contributed by atoms with E-state index in [1.54, 1.807) is 6.07 Å². The van der Waals surface area contributed by atoms with Gasteiger partial charge in [0.05, 0.1) is 34.5 Å². The van der Waals surface area contributed by atoms with Gasteiger partial charge in [-0.2, -0.15) is 4.31 Å². The third kappa shape index (κ3) is 4.86. The largest absolute Gasteiger partial charge is 0.495 e. The van der Waals surface area contributed by atoms with Crippen molar-refractivity contribution < 1.29 is 17.9 Å². The summed E-state index contributed by atoms with van der Waals surface area (Å²) in [6.45, 7) is 1.04. The molecule has 0 radical (unpaired) electrons. The number of rotatable bonds is 7. The predicted molar refractivity (Wildman–Crippen MR) is 121 cm³/mol. The number of aromatic amines is 1. The molecule has 0 unspecified atom stereocenters. The Balaban J connectivity index is 1.47.